The normalized spacial score (nSPS) is 34.6. The molecule has 1 N–H and O–H groups in total. The fourth-order valence-corrected chi connectivity index (χ4v) is 1.63. The van der Waals surface area contributed by atoms with Gasteiger partial charge in [-0.15, -0.1) is 0 Å². The summed E-state index contributed by atoms with van der Waals surface area (Å²) in [6.45, 7) is 0. The Morgan fingerprint density at radius 1 is 1.83 bits per heavy atom. The topological polar surface area (TPSA) is 46.5 Å². The van der Waals surface area contributed by atoms with Crippen LogP contribution in [0.1, 0.15) is 0 Å². The minimum atomic E-state index is -1.50. The molecule has 3 nitrogen and oxygen atoms in total. The first-order chi connectivity index (χ1) is 5.64. The SMILES string of the molecule is CO[C@@]1(O)C=CC=C(Br)[C@H]1C=O. The number of hydrogen-bond acceptors (Lipinski definition) is 3. The van der Waals surface area contributed by atoms with Crippen LogP contribution < -0.4 is 0 Å². The van der Waals surface area contributed by atoms with Crippen molar-refractivity contribution < 1.29 is 14.6 Å². The van der Waals surface area contributed by atoms with Gasteiger partial charge in [0.15, 0.2) is 5.79 Å². The Morgan fingerprint density at radius 3 is 2.92 bits per heavy atom. The van der Waals surface area contributed by atoms with E-state index in [2.05, 4.69) is 15.9 Å². The highest BCUT2D eigenvalue weighted by Crippen LogP contribution is 2.32. The molecule has 0 fully saturated rings. The highest BCUT2D eigenvalue weighted by molar-refractivity contribution is 9.11. The summed E-state index contributed by atoms with van der Waals surface area (Å²) >= 11 is 3.17. The van der Waals surface area contributed by atoms with Crippen LogP contribution in [0.4, 0.5) is 0 Å². The van der Waals surface area contributed by atoms with E-state index in [1.54, 1.807) is 12.2 Å². The number of carbonyl (C=O) groups is 1. The van der Waals surface area contributed by atoms with E-state index in [1.807, 2.05) is 0 Å². The maximum absolute atomic E-state index is 10.6. The number of halogens is 1. The highest BCUT2D eigenvalue weighted by Gasteiger charge is 2.37. The van der Waals surface area contributed by atoms with Crippen LogP contribution in [-0.4, -0.2) is 24.3 Å². The quantitative estimate of drug-likeness (QED) is 0.571. The van der Waals surface area contributed by atoms with Crippen LogP contribution >= 0.6 is 15.9 Å². The van der Waals surface area contributed by atoms with Crippen molar-refractivity contribution in [2.45, 2.75) is 5.79 Å². The van der Waals surface area contributed by atoms with Gasteiger partial charge in [0.05, 0.1) is 0 Å². The minimum Gasteiger partial charge on any atom is -0.361 e. The summed E-state index contributed by atoms with van der Waals surface area (Å²) in [5, 5.41) is 9.70. The molecule has 0 radical (unpaired) electrons. The summed E-state index contributed by atoms with van der Waals surface area (Å²) in [6.07, 6.45) is 5.42. The van der Waals surface area contributed by atoms with Crippen LogP contribution in [0.5, 0.6) is 0 Å². The van der Waals surface area contributed by atoms with E-state index in [0.717, 1.165) is 0 Å². The van der Waals surface area contributed by atoms with Crippen molar-refractivity contribution in [1.82, 2.24) is 0 Å². The molecule has 0 saturated heterocycles. The van der Waals surface area contributed by atoms with Crippen LogP contribution in [0.15, 0.2) is 22.7 Å². The summed E-state index contributed by atoms with van der Waals surface area (Å²) in [7, 11) is 1.35. The number of hydrogen-bond donors (Lipinski definition) is 1. The average Bonchev–Trinajstić information content (AvgIpc) is 2.05. The van der Waals surface area contributed by atoms with Crippen LogP contribution in [0.3, 0.4) is 0 Å². The molecule has 4 heteroatoms. The third-order valence-electron chi connectivity index (χ3n) is 1.80. The molecular formula is C8H9BrO3. The van der Waals surface area contributed by atoms with E-state index in [-0.39, 0.29) is 0 Å². The zero-order valence-electron chi connectivity index (χ0n) is 6.53. The van der Waals surface area contributed by atoms with Crippen LogP contribution in [-0.2, 0) is 9.53 Å². The summed E-state index contributed by atoms with van der Waals surface area (Å²) in [5.41, 5.74) is 0. The number of aliphatic hydroxyl groups is 1. The van der Waals surface area contributed by atoms with Gasteiger partial charge in [-0.3, -0.25) is 0 Å². The molecule has 2 atom stereocenters. The van der Waals surface area contributed by atoms with Gasteiger partial charge in [0, 0.05) is 11.6 Å². The van der Waals surface area contributed by atoms with Crippen molar-refractivity contribution in [2.24, 2.45) is 5.92 Å². The molecule has 0 aromatic rings. The second-order valence-corrected chi connectivity index (χ2v) is 3.40. The van der Waals surface area contributed by atoms with Gasteiger partial charge in [0.25, 0.3) is 0 Å². The molecular weight excluding hydrogens is 224 g/mol. The fourth-order valence-electron chi connectivity index (χ4n) is 1.04. The molecule has 0 aromatic heterocycles. The van der Waals surface area contributed by atoms with Crippen molar-refractivity contribution in [3.8, 4) is 0 Å². The van der Waals surface area contributed by atoms with E-state index >= 15 is 0 Å². The monoisotopic (exact) mass is 232 g/mol. The van der Waals surface area contributed by atoms with Gasteiger partial charge in [0.2, 0.25) is 0 Å². The molecule has 0 spiro atoms. The Labute approximate surface area is 78.8 Å². The van der Waals surface area contributed by atoms with E-state index in [9.17, 15) is 9.90 Å². The standard InChI is InChI=1S/C8H9BrO3/c1-12-8(11)4-2-3-7(9)6(8)5-10/h2-6,11H,1H3/t6-,8+/m1/s1. The number of aldehydes is 1. The molecule has 1 aliphatic rings. The predicted octanol–water partition coefficient (Wildman–Crippen LogP) is 0.985. The number of carbonyl (C=O) groups excluding carboxylic acids is 1. The lowest BCUT2D eigenvalue weighted by Crippen LogP contribution is -2.40. The van der Waals surface area contributed by atoms with Crippen LogP contribution in [0, 0.1) is 5.92 Å². The largest absolute Gasteiger partial charge is 0.361 e. The van der Waals surface area contributed by atoms with E-state index in [0.29, 0.717) is 10.8 Å². The molecule has 66 valence electrons. The van der Waals surface area contributed by atoms with Crippen molar-refractivity contribution in [2.75, 3.05) is 7.11 Å². The van der Waals surface area contributed by atoms with Gasteiger partial charge in [0.1, 0.15) is 12.2 Å². The fraction of sp³-hybridized carbons (Fsp3) is 0.375. The third kappa shape index (κ3) is 1.50. The Morgan fingerprint density at radius 2 is 2.50 bits per heavy atom. The summed E-state index contributed by atoms with van der Waals surface area (Å²) in [4.78, 5) is 10.6. The molecule has 0 aromatic carbocycles. The average molecular weight is 233 g/mol. The smallest absolute Gasteiger partial charge is 0.199 e. The summed E-state index contributed by atoms with van der Waals surface area (Å²) < 4.78 is 5.43. The van der Waals surface area contributed by atoms with Crippen LogP contribution in [0.25, 0.3) is 0 Å². The molecule has 1 aliphatic carbocycles. The van der Waals surface area contributed by atoms with Gasteiger partial charge in [-0.2, -0.15) is 0 Å². The summed E-state index contributed by atoms with van der Waals surface area (Å²) in [5.74, 6) is -2.18. The lowest BCUT2D eigenvalue weighted by Gasteiger charge is -2.30. The van der Waals surface area contributed by atoms with Crippen molar-refractivity contribution in [1.29, 1.82) is 0 Å². The van der Waals surface area contributed by atoms with Gasteiger partial charge < -0.3 is 14.6 Å². The molecule has 0 amide bonds. The molecule has 0 heterocycles. The second-order valence-electron chi connectivity index (χ2n) is 2.48. The number of rotatable bonds is 2. The van der Waals surface area contributed by atoms with Crippen molar-refractivity contribution in [3.05, 3.63) is 22.7 Å². The maximum Gasteiger partial charge on any atom is 0.199 e. The predicted molar refractivity (Wildman–Crippen MR) is 47.7 cm³/mol. The van der Waals surface area contributed by atoms with E-state index < -0.39 is 11.7 Å². The van der Waals surface area contributed by atoms with Crippen molar-refractivity contribution >= 4 is 22.2 Å². The summed E-state index contributed by atoms with van der Waals surface area (Å²) in [6, 6.07) is 0. The highest BCUT2D eigenvalue weighted by atomic mass is 79.9. The van der Waals surface area contributed by atoms with E-state index in [1.165, 1.54) is 13.2 Å². The maximum atomic E-state index is 10.6. The number of ether oxygens (including phenoxy) is 1. The van der Waals surface area contributed by atoms with Gasteiger partial charge in [-0.05, 0) is 6.08 Å². The second kappa shape index (κ2) is 3.51. The first-order valence-electron chi connectivity index (χ1n) is 3.42. The zero-order chi connectivity index (χ0) is 9.19. The Kier molecular flexibility index (Phi) is 2.82. The van der Waals surface area contributed by atoms with Gasteiger partial charge in [-0.25, -0.2) is 0 Å². The zero-order valence-corrected chi connectivity index (χ0v) is 8.11. The molecule has 0 bridgehead atoms. The molecule has 0 saturated carbocycles. The molecule has 12 heavy (non-hydrogen) atoms. The Hall–Kier alpha value is -0.450. The third-order valence-corrected chi connectivity index (χ3v) is 2.55. The van der Waals surface area contributed by atoms with E-state index in [4.69, 9.17) is 4.74 Å². The van der Waals surface area contributed by atoms with Crippen molar-refractivity contribution in [3.63, 3.8) is 0 Å². The van der Waals surface area contributed by atoms with Gasteiger partial charge in [-0.1, -0.05) is 28.1 Å². The lowest BCUT2D eigenvalue weighted by atomic mass is 9.95. The molecule has 1 rings (SSSR count). The van der Waals surface area contributed by atoms with Crippen LogP contribution in [0.2, 0.25) is 0 Å². The molecule has 0 aliphatic heterocycles. The minimum absolute atomic E-state index is 0.615. The lowest BCUT2D eigenvalue weighted by molar-refractivity contribution is -0.173. The number of methoxy groups -OCH3 is 1. The first kappa shape index (κ1) is 9.64. The Balaban J connectivity index is 2.98. The first-order valence-corrected chi connectivity index (χ1v) is 4.21. The molecule has 0 unspecified atom stereocenters. The number of allylic oxidation sites excluding steroid dienone is 2. The van der Waals surface area contributed by atoms with Gasteiger partial charge >= 0.3 is 0 Å². The Bertz CT molecular complexity index is 247.